The van der Waals surface area contributed by atoms with Gasteiger partial charge in [0.25, 0.3) is 11.1 Å². The van der Waals surface area contributed by atoms with E-state index in [0.717, 1.165) is 28.7 Å². The number of anilines is 2. The number of hydrogen-bond acceptors (Lipinski definition) is 4. The average Bonchev–Trinajstić information content (AvgIpc) is 2.96. The van der Waals surface area contributed by atoms with Gasteiger partial charge in [-0.25, -0.2) is 0 Å². The third-order valence-corrected chi connectivity index (χ3v) is 6.05. The number of thioether (sulfide) groups is 1. The normalized spacial score (nSPS) is 16.2. The fraction of sp³-hybridized carbons (Fsp3) is 0.360. The Morgan fingerprint density at radius 1 is 0.867 bits per heavy atom. The third-order valence-electron chi connectivity index (χ3n) is 5.23. The van der Waals surface area contributed by atoms with Crippen LogP contribution in [-0.2, 0) is 15.6 Å². The molecule has 0 unspecified atom stereocenters. The maximum atomic E-state index is 11.9. The molecule has 0 bridgehead atoms. The number of imide groups is 1. The Labute approximate surface area is 183 Å². The van der Waals surface area contributed by atoms with Gasteiger partial charge in [-0.3, -0.25) is 14.9 Å². The molecule has 1 N–H and O–H groups in total. The molecule has 2 amide bonds. The highest BCUT2D eigenvalue weighted by molar-refractivity contribution is 8.18. The topological polar surface area (TPSA) is 49.4 Å². The van der Waals surface area contributed by atoms with E-state index in [1.807, 2.05) is 18.2 Å². The lowest BCUT2D eigenvalue weighted by Crippen LogP contribution is -2.19. The molecule has 1 fully saturated rings. The van der Waals surface area contributed by atoms with Crippen LogP contribution in [0.25, 0.3) is 6.08 Å². The van der Waals surface area contributed by atoms with Gasteiger partial charge in [0.05, 0.1) is 4.91 Å². The van der Waals surface area contributed by atoms with Crippen LogP contribution in [0.1, 0.15) is 58.2 Å². The number of rotatable bonds is 3. The molecule has 0 saturated carbocycles. The lowest BCUT2D eigenvalue weighted by molar-refractivity contribution is -0.115. The van der Waals surface area contributed by atoms with E-state index in [9.17, 15) is 9.59 Å². The molecule has 0 aliphatic carbocycles. The van der Waals surface area contributed by atoms with Crippen molar-refractivity contribution in [3.8, 4) is 0 Å². The minimum atomic E-state index is -0.337. The molecule has 1 heterocycles. The molecule has 0 radical (unpaired) electrons. The van der Waals surface area contributed by atoms with Gasteiger partial charge in [0.1, 0.15) is 0 Å². The number of carbonyl (C=O) groups excluding carboxylic acids is 2. The Morgan fingerprint density at radius 2 is 1.47 bits per heavy atom. The fourth-order valence-corrected chi connectivity index (χ4v) is 3.90. The number of hydrogen-bond donors (Lipinski definition) is 1. The summed E-state index contributed by atoms with van der Waals surface area (Å²) in [7, 11) is 2.06. The predicted molar refractivity (Wildman–Crippen MR) is 127 cm³/mol. The van der Waals surface area contributed by atoms with Gasteiger partial charge in [0.2, 0.25) is 0 Å². The largest absolute Gasteiger partial charge is 0.345 e. The third kappa shape index (κ3) is 4.96. The van der Waals surface area contributed by atoms with Crippen LogP contribution in [0.4, 0.5) is 16.2 Å². The second-order valence-electron chi connectivity index (χ2n) is 9.77. The maximum Gasteiger partial charge on any atom is 0.290 e. The van der Waals surface area contributed by atoms with Crippen molar-refractivity contribution in [2.45, 2.75) is 52.4 Å². The molecule has 0 atom stereocenters. The summed E-state index contributed by atoms with van der Waals surface area (Å²) in [6, 6.07) is 14.8. The van der Waals surface area contributed by atoms with Gasteiger partial charge in [0, 0.05) is 18.4 Å². The number of benzene rings is 2. The van der Waals surface area contributed by atoms with Gasteiger partial charge in [-0.15, -0.1) is 0 Å². The summed E-state index contributed by atoms with van der Waals surface area (Å²) in [6.45, 7) is 13.4. The summed E-state index contributed by atoms with van der Waals surface area (Å²) in [5.74, 6) is -0.337. The van der Waals surface area contributed by atoms with E-state index in [-0.39, 0.29) is 22.0 Å². The summed E-state index contributed by atoms with van der Waals surface area (Å²) < 4.78 is 0. The smallest absolute Gasteiger partial charge is 0.290 e. The first-order chi connectivity index (χ1) is 13.8. The lowest BCUT2D eigenvalue weighted by atomic mass is 9.80. The summed E-state index contributed by atoms with van der Waals surface area (Å²) in [6.07, 6.45) is 1.76. The summed E-state index contributed by atoms with van der Waals surface area (Å²) in [4.78, 5) is 25.9. The maximum absolute atomic E-state index is 11.9. The van der Waals surface area contributed by atoms with Crippen LogP contribution in [0.2, 0.25) is 0 Å². The average molecular weight is 423 g/mol. The number of nitrogens with zero attached hydrogens (tertiary/aromatic N) is 1. The van der Waals surface area contributed by atoms with Crippen molar-refractivity contribution >= 4 is 40.4 Å². The van der Waals surface area contributed by atoms with Crippen molar-refractivity contribution in [2.75, 3.05) is 11.9 Å². The van der Waals surface area contributed by atoms with Gasteiger partial charge in [0.15, 0.2) is 0 Å². The molecule has 1 aliphatic rings. The molecule has 5 heteroatoms. The Balaban J connectivity index is 2.01. The standard InChI is InChI=1S/C25H30N2O2S/c1-24(2,3)17-13-18(25(4,5)6)15-20(14-17)27(7)19-10-8-9-16(11-19)12-21-22(28)26-23(29)30-21/h8-15H,1-7H3,(H,26,28,29)/b21-12-. The number of amides is 2. The number of carbonyl (C=O) groups is 2. The van der Waals surface area contributed by atoms with Gasteiger partial charge in [-0.05, 0) is 69.6 Å². The minimum Gasteiger partial charge on any atom is -0.345 e. The monoisotopic (exact) mass is 422 g/mol. The van der Waals surface area contributed by atoms with Crippen molar-refractivity contribution < 1.29 is 9.59 Å². The molecule has 0 spiro atoms. The van der Waals surface area contributed by atoms with Gasteiger partial charge >= 0.3 is 0 Å². The van der Waals surface area contributed by atoms with E-state index in [0.29, 0.717) is 4.91 Å². The second kappa shape index (κ2) is 7.95. The van der Waals surface area contributed by atoms with E-state index < -0.39 is 0 Å². The SMILES string of the molecule is CN(c1cccc(/C=C2\SC(=O)NC2=O)c1)c1cc(C(C)(C)C)cc(C(C)(C)C)c1. The molecule has 1 saturated heterocycles. The zero-order valence-electron chi connectivity index (χ0n) is 18.8. The van der Waals surface area contributed by atoms with E-state index in [2.05, 4.69) is 83.1 Å². The molecule has 158 valence electrons. The highest BCUT2D eigenvalue weighted by Gasteiger charge is 2.25. The molecule has 0 aromatic heterocycles. The van der Waals surface area contributed by atoms with E-state index in [4.69, 9.17) is 0 Å². The summed E-state index contributed by atoms with van der Waals surface area (Å²) in [5.41, 5.74) is 5.71. The van der Waals surface area contributed by atoms with Crippen molar-refractivity contribution in [3.63, 3.8) is 0 Å². The molecular weight excluding hydrogens is 392 g/mol. The molecule has 4 nitrogen and oxygen atoms in total. The molecule has 2 aromatic rings. The van der Waals surface area contributed by atoms with Crippen LogP contribution < -0.4 is 10.2 Å². The first-order valence-corrected chi connectivity index (χ1v) is 10.9. The zero-order valence-corrected chi connectivity index (χ0v) is 19.6. The van der Waals surface area contributed by atoms with Crippen LogP contribution >= 0.6 is 11.8 Å². The minimum absolute atomic E-state index is 0.0444. The predicted octanol–water partition coefficient (Wildman–Crippen LogP) is 6.37. The van der Waals surface area contributed by atoms with Crippen molar-refractivity contribution in [1.82, 2.24) is 5.32 Å². The molecule has 1 aliphatic heterocycles. The molecule has 2 aromatic carbocycles. The Bertz CT molecular complexity index is 994. The van der Waals surface area contributed by atoms with Gasteiger partial charge in [-0.1, -0.05) is 59.7 Å². The van der Waals surface area contributed by atoms with Gasteiger partial charge < -0.3 is 4.90 Å². The molecule has 30 heavy (non-hydrogen) atoms. The van der Waals surface area contributed by atoms with Crippen LogP contribution in [-0.4, -0.2) is 18.2 Å². The summed E-state index contributed by atoms with van der Waals surface area (Å²) in [5, 5.41) is 1.97. The van der Waals surface area contributed by atoms with Crippen LogP contribution in [0.3, 0.4) is 0 Å². The van der Waals surface area contributed by atoms with Crippen molar-refractivity contribution in [1.29, 1.82) is 0 Å². The van der Waals surface area contributed by atoms with E-state index >= 15 is 0 Å². The van der Waals surface area contributed by atoms with E-state index in [1.165, 1.54) is 11.1 Å². The van der Waals surface area contributed by atoms with Crippen LogP contribution in [0, 0.1) is 0 Å². The molecular formula is C25H30N2O2S. The van der Waals surface area contributed by atoms with E-state index in [1.54, 1.807) is 6.08 Å². The Hall–Kier alpha value is -2.53. The first kappa shape index (κ1) is 22.2. The van der Waals surface area contributed by atoms with Crippen LogP contribution in [0.5, 0.6) is 0 Å². The van der Waals surface area contributed by atoms with Gasteiger partial charge in [-0.2, -0.15) is 0 Å². The second-order valence-corrected chi connectivity index (χ2v) is 10.8. The first-order valence-electron chi connectivity index (χ1n) is 10.1. The van der Waals surface area contributed by atoms with Crippen molar-refractivity contribution in [3.05, 3.63) is 64.1 Å². The van der Waals surface area contributed by atoms with Crippen LogP contribution in [0.15, 0.2) is 47.4 Å². The molecule has 3 rings (SSSR count). The van der Waals surface area contributed by atoms with Crippen molar-refractivity contribution in [2.24, 2.45) is 0 Å². The zero-order chi connectivity index (χ0) is 22.3. The lowest BCUT2D eigenvalue weighted by Gasteiger charge is -2.29. The highest BCUT2D eigenvalue weighted by Crippen LogP contribution is 2.35. The quantitative estimate of drug-likeness (QED) is 0.584. The fourth-order valence-electron chi connectivity index (χ4n) is 3.22. The number of nitrogens with one attached hydrogen (secondary N) is 1. The highest BCUT2D eigenvalue weighted by atomic mass is 32.2. The Morgan fingerprint density at radius 3 is 1.97 bits per heavy atom. The summed E-state index contributed by atoms with van der Waals surface area (Å²) >= 11 is 0.936. The Kier molecular flexibility index (Phi) is 5.87.